The van der Waals surface area contributed by atoms with Crippen LogP contribution in [-0.4, -0.2) is 52.9 Å². The molecule has 9 heteroatoms. The highest BCUT2D eigenvalue weighted by Crippen LogP contribution is 2.54. The standard InChI is InChI=1S/C12H23BrN3O4P/c13-12-6-5-11-16(12)20-21(17,18-14-7-1-2-8-14)19-15-9-3-4-10-15/h12H,1-11H2. The third-order valence-corrected chi connectivity index (χ3v) is 6.09. The lowest BCUT2D eigenvalue weighted by Gasteiger charge is -2.29. The molecule has 21 heavy (non-hydrogen) atoms. The SMILES string of the molecule is O=P(ON1CCCC1)(ON1CCCC1)ON1CCCC1Br. The first kappa shape index (κ1) is 16.3. The molecule has 3 fully saturated rings. The molecule has 0 saturated carbocycles. The van der Waals surface area contributed by atoms with Crippen molar-refractivity contribution in [3.63, 3.8) is 0 Å². The van der Waals surface area contributed by atoms with Crippen molar-refractivity contribution >= 4 is 23.8 Å². The lowest BCUT2D eigenvalue weighted by molar-refractivity contribution is -0.172. The van der Waals surface area contributed by atoms with Gasteiger partial charge in [-0.2, -0.15) is 29.1 Å². The van der Waals surface area contributed by atoms with Crippen LogP contribution in [0.3, 0.4) is 0 Å². The fraction of sp³-hybridized carbons (Fsp3) is 1.00. The van der Waals surface area contributed by atoms with Crippen molar-refractivity contribution < 1.29 is 18.4 Å². The van der Waals surface area contributed by atoms with E-state index in [1.165, 1.54) is 0 Å². The Morgan fingerprint density at radius 3 is 1.76 bits per heavy atom. The minimum Gasteiger partial charge on any atom is -0.223 e. The van der Waals surface area contributed by atoms with Gasteiger partial charge < -0.3 is 0 Å². The minimum atomic E-state index is -3.66. The van der Waals surface area contributed by atoms with Crippen molar-refractivity contribution in [1.82, 2.24) is 15.2 Å². The predicted octanol–water partition coefficient (Wildman–Crippen LogP) is 2.90. The third kappa shape index (κ3) is 4.48. The smallest absolute Gasteiger partial charge is 0.223 e. The molecular formula is C12H23BrN3O4P. The van der Waals surface area contributed by atoms with Crippen LogP contribution in [0.5, 0.6) is 0 Å². The molecule has 0 N–H and O–H groups in total. The zero-order valence-corrected chi connectivity index (χ0v) is 14.6. The highest BCUT2D eigenvalue weighted by molar-refractivity contribution is 9.09. The second-order valence-corrected chi connectivity index (χ2v) is 8.12. The fourth-order valence-corrected chi connectivity index (χ4v) is 4.96. The Labute approximate surface area is 134 Å². The maximum atomic E-state index is 13.0. The van der Waals surface area contributed by atoms with Gasteiger partial charge in [-0.25, -0.2) is 4.57 Å². The monoisotopic (exact) mass is 383 g/mol. The van der Waals surface area contributed by atoms with Gasteiger partial charge in [-0.05, 0) is 38.5 Å². The first-order valence-corrected chi connectivity index (χ1v) is 10.1. The summed E-state index contributed by atoms with van der Waals surface area (Å²) in [6.45, 7) is 3.82. The van der Waals surface area contributed by atoms with E-state index in [2.05, 4.69) is 15.9 Å². The van der Waals surface area contributed by atoms with Gasteiger partial charge in [0.05, 0.1) is 4.95 Å². The van der Waals surface area contributed by atoms with E-state index >= 15 is 0 Å². The van der Waals surface area contributed by atoms with Gasteiger partial charge >= 0.3 is 7.82 Å². The Bertz CT molecular complexity index is 369. The van der Waals surface area contributed by atoms with Gasteiger partial charge in [0.1, 0.15) is 0 Å². The van der Waals surface area contributed by atoms with Crippen LogP contribution in [0.4, 0.5) is 0 Å². The van der Waals surface area contributed by atoms with E-state index in [-0.39, 0.29) is 4.95 Å². The van der Waals surface area contributed by atoms with E-state index < -0.39 is 7.82 Å². The Morgan fingerprint density at radius 2 is 1.33 bits per heavy atom. The predicted molar refractivity (Wildman–Crippen MR) is 81.1 cm³/mol. The number of hydrogen-bond donors (Lipinski definition) is 0. The fourth-order valence-electron chi connectivity index (χ4n) is 2.79. The molecule has 0 radical (unpaired) electrons. The molecule has 3 saturated heterocycles. The number of phosphoric acid groups is 1. The van der Waals surface area contributed by atoms with Crippen molar-refractivity contribution in [2.75, 3.05) is 32.7 Å². The molecule has 0 aromatic heterocycles. The van der Waals surface area contributed by atoms with E-state index in [0.29, 0.717) is 0 Å². The number of nitrogens with zero attached hydrogens (tertiary/aromatic N) is 3. The van der Waals surface area contributed by atoms with E-state index in [4.69, 9.17) is 13.9 Å². The number of rotatable bonds is 6. The molecule has 0 aliphatic carbocycles. The van der Waals surface area contributed by atoms with Crippen LogP contribution in [0.25, 0.3) is 0 Å². The Balaban J connectivity index is 1.64. The zero-order chi connectivity index (χ0) is 14.7. The average Bonchev–Trinajstić information content (AvgIpc) is 3.15. The highest BCUT2D eigenvalue weighted by atomic mass is 79.9. The summed E-state index contributed by atoms with van der Waals surface area (Å²) < 4.78 is 29.9. The lowest BCUT2D eigenvalue weighted by atomic mass is 10.4. The molecule has 0 amide bonds. The molecule has 3 aliphatic heterocycles. The zero-order valence-electron chi connectivity index (χ0n) is 12.2. The van der Waals surface area contributed by atoms with Crippen LogP contribution in [0.2, 0.25) is 0 Å². The number of hydrogen-bond acceptors (Lipinski definition) is 7. The van der Waals surface area contributed by atoms with Crippen LogP contribution in [0.1, 0.15) is 38.5 Å². The summed E-state index contributed by atoms with van der Waals surface area (Å²) in [5, 5.41) is 5.08. The molecule has 0 bridgehead atoms. The Morgan fingerprint density at radius 1 is 0.810 bits per heavy atom. The van der Waals surface area contributed by atoms with Gasteiger partial charge in [0.2, 0.25) is 0 Å². The molecule has 3 heterocycles. The largest absolute Gasteiger partial charge is 0.525 e. The van der Waals surface area contributed by atoms with Crippen LogP contribution in [0, 0.1) is 0 Å². The summed E-state index contributed by atoms with van der Waals surface area (Å²) >= 11 is 3.52. The molecule has 0 aromatic rings. The van der Waals surface area contributed by atoms with Crippen LogP contribution in [-0.2, 0) is 18.4 Å². The van der Waals surface area contributed by atoms with Gasteiger partial charge in [-0.15, -0.1) is 0 Å². The Kier molecular flexibility index (Phi) is 5.72. The highest BCUT2D eigenvalue weighted by Gasteiger charge is 2.40. The summed E-state index contributed by atoms with van der Waals surface area (Å²) in [7, 11) is -3.66. The topological polar surface area (TPSA) is 54.5 Å². The van der Waals surface area contributed by atoms with Crippen molar-refractivity contribution in [3.05, 3.63) is 0 Å². The van der Waals surface area contributed by atoms with Crippen LogP contribution >= 0.6 is 23.8 Å². The Hall–Kier alpha value is 0.470. The summed E-state index contributed by atoms with van der Waals surface area (Å²) in [6, 6.07) is 0. The molecule has 7 nitrogen and oxygen atoms in total. The molecule has 3 rings (SSSR count). The first-order valence-electron chi connectivity index (χ1n) is 7.74. The minimum absolute atomic E-state index is 0.0650. The molecule has 1 atom stereocenters. The van der Waals surface area contributed by atoms with E-state index in [9.17, 15) is 4.57 Å². The third-order valence-electron chi connectivity index (χ3n) is 3.90. The molecule has 122 valence electrons. The summed E-state index contributed by atoms with van der Waals surface area (Å²) in [5.41, 5.74) is 0. The van der Waals surface area contributed by atoms with Crippen molar-refractivity contribution in [3.8, 4) is 0 Å². The van der Waals surface area contributed by atoms with E-state index in [0.717, 1.165) is 71.2 Å². The maximum Gasteiger partial charge on any atom is 0.525 e. The normalized spacial score (nSPS) is 29.7. The maximum absolute atomic E-state index is 13.0. The molecule has 0 aromatic carbocycles. The summed E-state index contributed by atoms with van der Waals surface area (Å²) in [5.74, 6) is 0. The van der Waals surface area contributed by atoms with Crippen molar-refractivity contribution in [2.24, 2.45) is 0 Å². The molecule has 3 aliphatic rings. The second kappa shape index (κ2) is 7.36. The van der Waals surface area contributed by atoms with E-state index in [1.54, 1.807) is 15.2 Å². The van der Waals surface area contributed by atoms with Gasteiger partial charge in [0.15, 0.2) is 0 Å². The van der Waals surface area contributed by atoms with Crippen LogP contribution in [0.15, 0.2) is 0 Å². The second-order valence-electron chi connectivity index (χ2n) is 5.68. The number of halogens is 1. The van der Waals surface area contributed by atoms with Gasteiger partial charge in [0, 0.05) is 32.7 Å². The lowest BCUT2D eigenvalue weighted by Crippen LogP contribution is -2.30. The molecular weight excluding hydrogens is 361 g/mol. The molecule has 1 unspecified atom stereocenters. The summed E-state index contributed by atoms with van der Waals surface area (Å²) in [4.78, 5) is 0.0650. The first-order chi connectivity index (χ1) is 10.1. The number of alkyl halides is 1. The van der Waals surface area contributed by atoms with E-state index in [1.807, 2.05) is 0 Å². The van der Waals surface area contributed by atoms with Crippen molar-refractivity contribution in [2.45, 2.75) is 43.5 Å². The number of hydroxylamine groups is 6. The van der Waals surface area contributed by atoms with Crippen molar-refractivity contribution in [1.29, 1.82) is 0 Å². The van der Waals surface area contributed by atoms with Gasteiger partial charge in [-0.3, -0.25) is 0 Å². The quantitative estimate of drug-likeness (QED) is 0.397. The van der Waals surface area contributed by atoms with Gasteiger partial charge in [0.25, 0.3) is 0 Å². The molecule has 0 spiro atoms. The van der Waals surface area contributed by atoms with Crippen LogP contribution < -0.4 is 0 Å². The summed E-state index contributed by atoms with van der Waals surface area (Å²) in [6.07, 6.45) is 6.17. The van der Waals surface area contributed by atoms with Gasteiger partial charge in [-0.1, -0.05) is 15.9 Å². The average molecular weight is 384 g/mol.